The van der Waals surface area contributed by atoms with E-state index in [0.717, 1.165) is 86.5 Å². The van der Waals surface area contributed by atoms with Gasteiger partial charge in [0.05, 0.1) is 13.2 Å². The number of ether oxygens (including phenoxy) is 5. The molecule has 1 aliphatic carbocycles. The predicted octanol–water partition coefficient (Wildman–Crippen LogP) is -32.3. The van der Waals surface area contributed by atoms with E-state index in [0.29, 0.717) is 22.6 Å². The van der Waals surface area contributed by atoms with Gasteiger partial charge >= 0.3 is 828 Å². The van der Waals surface area contributed by atoms with E-state index in [1.165, 1.54) is 52.5 Å². The van der Waals surface area contributed by atoms with Crippen molar-refractivity contribution < 1.29 is 870 Å². The number of benzene rings is 10. The van der Waals surface area contributed by atoms with Crippen molar-refractivity contribution in [3.63, 3.8) is 0 Å². The van der Waals surface area contributed by atoms with Crippen LogP contribution in [0.4, 0.5) is 0 Å². The van der Waals surface area contributed by atoms with E-state index in [-0.39, 0.29) is 866 Å². The predicted molar refractivity (Wildman–Crippen MR) is 352 cm³/mol. The number of fused-ring (bicyclic) bond motifs is 4. The van der Waals surface area contributed by atoms with E-state index in [1.807, 2.05) is 92.7 Å². The number of hydrogen-bond donors (Lipinski definition) is 0. The molecule has 12 nitrogen and oxygen atoms in total. The molecule has 1 saturated heterocycles. The van der Waals surface area contributed by atoms with Crippen LogP contribution >= 0.6 is 0 Å². The van der Waals surface area contributed by atoms with Gasteiger partial charge in [-0.1, -0.05) is 32.6 Å². The summed E-state index contributed by atoms with van der Waals surface area (Å²) < 4.78 is 24.9. The summed E-state index contributed by atoms with van der Waals surface area (Å²) in [5.41, 5.74) is 3.15. The Morgan fingerprint density at radius 3 is 1.24 bits per heavy atom. The fourth-order valence-corrected chi connectivity index (χ4v) is 7.88. The molecule has 0 N–H and O–H groups in total. The number of aryl methyl sites for hydroxylation is 2. The van der Waals surface area contributed by atoms with Crippen molar-refractivity contribution >= 4 is 72.8 Å². The Kier molecular flexibility index (Phi) is 139. The molecule has 10 aromatic rings. The number of Topliss-reactive ketones (excluding diaryl/α,β-unsaturated/α-hetero) is 1. The second-order valence-electron chi connectivity index (χ2n) is 19.2. The quantitative estimate of drug-likeness (QED) is 0.0232. The number of rotatable bonds is 11. The van der Waals surface area contributed by atoms with Crippen molar-refractivity contribution in [3.8, 4) is 11.5 Å². The Balaban J connectivity index is -0.0000000950. The molecule has 10 aromatic carbocycles. The molecule has 0 atom stereocenters. The first-order valence-corrected chi connectivity index (χ1v) is 29.1. The standard InChI is InChI=1S/C14H14O5.C13H10O2.C12H8O2.C11H8.C10H6.C8H6O.C6H10.C4H8N2.16K/c1-2-13(15)18-10-8-17-9-11-19-14(16)12-6-4-3-5-7-12;1-9-7-8-13(15-10(2)14)12-6-4-3-5-11(9)12;1-9(13)14-12-8-4-6-10-5-2-3-7-11(10)12;1-9-6-7-10-4-2-3-5-11(10)8-9;1-2-6-10-8-4-3-7-9(10)5-1;1-7(9)8-5-3-2-4-6-8;1-2-4-6-5-3-1;1-2-6-4-3-5-1;;;;;;;;;;;;;;;;/h2-4,7H,1,8-11H2;3-4,7-8H,1-2H3;2-4,6,8H,1H3;2-6H,1H3;1-6H;2-3,6H,1H3;1,6H,2-5H2;1-4H2;;;;;;;;;;;;;;;;/q8*-2;16*+1. The molecule has 0 radical (unpaired) electrons. The molecule has 0 aromatic heterocycles. The van der Waals surface area contributed by atoms with Crippen LogP contribution in [-0.4, -0.2) is 82.3 Å². The van der Waals surface area contributed by atoms with Crippen LogP contribution in [0.25, 0.3) is 53.7 Å². The van der Waals surface area contributed by atoms with E-state index in [4.69, 9.17) is 18.9 Å². The van der Waals surface area contributed by atoms with Gasteiger partial charge in [0, 0.05) is 37.2 Å². The van der Waals surface area contributed by atoms with Gasteiger partial charge in [-0.05, 0) is 6.92 Å². The minimum Gasteiger partial charge on any atom is -0.665 e. The second-order valence-corrected chi connectivity index (χ2v) is 19.2. The first-order valence-electron chi connectivity index (χ1n) is 29.1. The molecule has 1 aliphatic heterocycles. The molecule has 0 amide bonds. The van der Waals surface area contributed by atoms with Crippen molar-refractivity contribution in [1.29, 1.82) is 0 Å². The van der Waals surface area contributed by atoms with Gasteiger partial charge in [-0.25, -0.2) is 165 Å². The van der Waals surface area contributed by atoms with Crippen LogP contribution in [0.3, 0.4) is 0 Å². The Morgan fingerprint density at radius 1 is 0.415 bits per heavy atom. The van der Waals surface area contributed by atoms with Crippen LogP contribution in [-0.2, 0) is 28.6 Å². The zero-order chi connectivity index (χ0) is 64.4. The van der Waals surface area contributed by atoms with E-state index >= 15 is 0 Å². The summed E-state index contributed by atoms with van der Waals surface area (Å²) in [6.45, 7) is 16.1. The Morgan fingerprint density at radius 2 is 0.811 bits per heavy atom. The Hall–Kier alpha value is 16.6. The van der Waals surface area contributed by atoms with Crippen molar-refractivity contribution in [2.45, 2.75) is 60.3 Å². The zero-order valence-corrected chi connectivity index (χ0v) is 117. The molecule has 0 spiro atoms. The summed E-state index contributed by atoms with van der Waals surface area (Å²) in [4.78, 5) is 54.4. The smallest absolute Gasteiger partial charge is 0.665 e. The molecular weight excluding hydrogens is 1750 g/mol. The average Bonchev–Trinajstić information content (AvgIpc) is 0.816. The van der Waals surface area contributed by atoms with Gasteiger partial charge in [0.2, 0.25) is 0 Å². The summed E-state index contributed by atoms with van der Waals surface area (Å²) in [6, 6.07) is 83.9. The maximum absolute atomic E-state index is 11.5. The number of piperazine rings is 1. The van der Waals surface area contributed by atoms with Crippen LogP contribution in [0.5, 0.6) is 11.5 Å². The molecular formula is C78H70K16N2O10. The fraction of sp³-hybridized carbons (Fsp3) is 0.218. The SMILES string of the molecule is C1C[N-]CC[N-]1.C=CC(=O)OCCOCCOC(=O)c1[c-]cc[c-]c1.CC(=O)Oc1ccc(C)c2[c-]cc[c-]c12.CC(=O)Oc1cccc2[c-]cc[c-]c12.CC(=O)c1[c-]cc[c-]c1.Cc1[c-]c2ccccc2[c-]c1.[CH-]1CC[CH-]CC1.[K+].[K+].[K+].[K+].[K+].[K+].[K+].[K+].[K+].[K+].[K+].[K+].[K+].[K+].[K+].[K+].[c-]1cc[c-]c2ccccc12. The monoisotopic (exact) mass is 1820 g/mol. The van der Waals surface area contributed by atoms with Crippen LogP contribution in [0.2, 0.25) is 0 Å². The summed E-state index contributed by atoms with van der Waals surface area (Å²) in [5.74, 6) is -0.504. The fourth-order valence-electron chi connectivity index (χ4n) is 7.88. The second kappa shape index (κ2) is 99.1. The zero-order valence-electron chi connectivity index (χ0n) is 67.4. The summed E-state index contributed by atoms with van der Waals surface area (Å²) in [7, 11) is 0. The first kappa shape index (κ1) is 148. The normalized spacial score (nSPS) is 10.0. The van der Waals surface area contributed by atoms with Crippen LogP contribution < -0.4 is 832 Å². The van der Waals surface area contributed by atoms with Gasteiger partial charge in [0.25, 0.3) is 11.9 Å². The Labute approximate surface area is 1310 Å². The number of esters is 4. The van der Waals surface area contributed by atoms with Crippen molar-refractivity contribution in [3.05, 3.63) is 289 Å². The molecule has 1 heterocycles. The Bertz CT molecular complexity index is 3710. The van der Waals surface area contributed by atoms with Crippen molar-refractivity contribution in [2.75, 3.05) is 52.6 Å². The largest absolute Gasteiger partial charge is 1.00 e. The molecule has 468 valence electrons. The van der Waals surface area contributed by atoms with Crippen molar-refractivity contribution in [2.24, 2.45) is 0 Å². The van der Waals surface area contributed by atoms with E-state index in [2.05, 4.69) is 114 Å². The van der Waals surface area contributed by atoms with Gasteiger partial charge in [0.15, 0.2) is 5.97 Å². The summed E-state index contributed by atoms with van der Waals surface area (Å²) in [6.07, 6.45) is 11.1. The number of carbonyl (C=O) groups excluding carboxylic acids is 5. The molecule has 0 bridgehead atoms. The van der Waals surface area contributed by atoms with Gasteiger partial charge in [0.1, 0.15) is 13.2 Å². The van der Waals surface area contributed by atoms with Crippen LogP contribution in [0.15, 0.2) is 170 Å². The number of hydrogen-bond acceptors (Lipinski definition) is 10. The van der Waals surface area contributed by atoms with Gasteiger partial charge in [-0.15, -0.1) is 36.4 Å². The third kappa shape index (κ3) is 71.2. The van der Waals surface area contributed by atoms with Gasteiger partial charge in [-0.3, -0.25) is 70.3 Å². The maximum atomic E-state index is 11.5. The average molecular weight is 1820 g/mol. The summed E-state index contributed by atoms with van der Waals surface area (Å²) in [5, 5.41) is 16.1. The molecule has 2 aliphatic rings. The van der Waals surface area contributed by atoms with Gasteiger partial charge < -0.3 is 56.7 Å². The summed E-state index contributed by atoms with van der Waals surface area (Å²) >= 11 is 0. The van der Waals surface area contributed by atoms with Crippen molar-refractivity contribution in [1.82, 2.24) is 0 Å². The molecule has 106 heavy (non-hydrogen) atoms. The topological polar surface area (TPSA) is 160 Å². The number of nitrogens with zero attached hydrogens (tertiary/aromatic N) is 2. The third-order valence-corrected chi connectivity index (χ3v) is 12.2. The van der Waals surface area contributed by atoms with Crippen LogP contribution in [0.1, 0.15) is 78.3 Å². The minimum absolute atomic E-state index is 0. The van der Waals surface area contributed by atoms with E-state index in [1.54, 1.807) is 66.7 Å². The first-order chi connectivity index (χ1) is 43.8. The van der Waals surface area contributed by atoms with Gasteiger partial charge in [-0.2, -0.15) is 78.4 Å². The molecule has 28 heteroatoms. The molecule has 2 fully saturated rings. The molecule has 0 unspecified atom stereocenters. The third-order valence-electron chi connectivity index (χ3n) is 12.2. The molecule has 1 saturated carbocycles. The van der Waals surface area contributed by atoms with E-state index < -0.39 is 11.9 Å². The minimum atomic E-state index is -0.495. The van der Waals surface area contributed by atoms with Crippen LogP contribution in [0, 0.1) is 99.5 Å². The molecule has 12 rings (SSSR count). The van der Waals surface area contributed by atoms with E-state index in [9.17, 15) is 24.0 Å². The number of ketones is 1. The maximum Gasteiger partial charge on any atom is 1.00 e. The number of carbonyl (C=O) groups is 5.